The van der Waals surface area contributed by atoms with Gasteiger partial charge in [0.15, 0.2) is 0 Å². The number of nitrogens with zero attached hydrogens (tertiary/aromatic N) is 2. The van der Waals surface area contributed by atoms with E-state index in [0.717, 1.165) is 12.2 Å². The van der Waals surface area contributed by atoms with Gasteiger partial charge in [0.2, 0.25) is 5.78 Å². The van der Waals surface area contributed by atoms with Gasteiger partial charge in [0.1, 0.15) is 5.82 Å². The summed E-state index contributed by atoms with van der Waals surface area (Å²) in [4.78, 5) is 44.1. The summed E-state index contributed by atoms with van der Waals surface area (Å²) in [5.74, 6) is -5.51. The van der Waals surface area contributed by atoms with E-state index in [1.54, 1.807) is 11.6 Å². The second-order valence-electron chi connectivity index (χ2n) is 6.28. The van der Waals surface area contributed by atoms with Crippen molar-refractivity contribution in [3.8, 4) is 0 Å². The van der Waals surface area contributed by atoms with Gasteiger partial charge in [-0.05, 0) is 18.2 Å². The highest BCUT2D eigenvalue weighted by Gasteiger charge is 2.50. The third kappa shape index (κ3) is 2.86. The topological polar surface area (TPSA) is 103 Å². The molecule has 2 aromatic heterocycles. The molecule has 0 unspecified atom stereocenters. The van der Waals surface area contributed by atoms with Crippen molar-refractivity contribution >= 4 is 28.6 Å². The van der Waals surface area contributed by atoms with E-state index in [1.807, 2.05) is 0 Å². The summed E-state index contributed by atoms with van der Waals surface area (Å²) >= 11 is 0. The Labute approximate surface area is 157 Å². The van der Waals surface area contributed by atoms with E-state index in [0.29, 0.717) is 11.2 Å². The number of fused-ring (bicyclic) bond motifs is 1. The van der Waals surface area contributed by atoms with Crippen LogP contribution in [-0.4, -0.2) is 32.3 Å². The van der Waals surface area contributed by atoms with Crippen molar-refractivity contribution in [3.63, 3.8) is 0 Å². The van der Waals surface area contributed by atoms with Gasteiger partial charge in [-0.2, -0.15) is 0 Å². The Balaban J connectivity index is 1.93. The molecule has 28 heavy (non-hydrogen) atoms. The van der Waals surface area contributed by atoms with E-state index in [2.05, 4.69) is 9.97 Å². The van der Waals surface area contributed by atoms with Crippen LogP contribution in [0.5, 0.6) is 0 Å². The number of benzene rings is 1. The van der Waals surface area contributed by atoms with E-state index in [-0.39, 0.29) is 17.4 Å². The third-order valence-electron chi connectivity index (χ3n) is 4.42. The minimum atomic E-state index is -2.36. The minimum absolute atomic E-state index is 0.0550. The predicted octanol–water partition coefficient (Wildman–Crippen LogP) is 1.66. The number of carbonyl (C=O) groups excluding carboxylic acids is 3. The summed E-state index contributed by atoms with van der Waals surface area (Å²) in [6.45, 7) is 0. The van der Waals surface area contributed by atoms with E-state index in [9.17, 15) is 18.8 Å². The molecule has 1 aromatic carbocycles. The number of hydrogen-bond donors (Lipinski definition) is 1. The van der Waals surface area contributed by atoms with Gasteiger partial charge in [0.25, 0.3) is 0 Å². The number of H-pyrrole nitrogens is 1. The van der Waals surface area contributed by atoms with Gasteiger partial charge in [-0.3, -0.25) is 4.79 Å². The minimum Gasteiger partial charge on any atom is -0.407 e. The predicted molar refractivity (Wildman–Crippen MR) is 93.2 cm³/mol. The van der Waals surface area contributed by atoms with Crippen LogP contribution in [0.2, 0.25) is 0 Å². The van der Waals surface area contributed by atoms with Gasteiger partial charge >= 0.3 is 17.7 Å². The zero-order valence-corrected chi connectivity index (χ0v) is 14.6. The Kier molecular flexibility index (Phi) is 4.07. The molecule has 142 valence electrons. The fourth-order valence-corrected chi connectivity index (χ4v) is 3.18. The van der Waals surface area contributed by atoms with E-state index < -0.39 is 29.3 Å². The quantitative estimate of drug-likeness (QED) is 0.688. The number of aromatic amines is 1. The molecular formula is C19H14FN3O5. The molecule has 9 heteroatoms. The molecule has 8 nitrogen and oxygen atoms in total. The molecule has 0 fully saturated rings. The molecule has 1 N–H and O–H groups in total. The largest absolute Gasteiger partial charge is 0.407 e. The second kappa shape index (κ2) is 6.45. The van der Waals surface area contributed by atoms with Gasteiger partial charge in [-0.1, -0.05) is 0 Å². The van der Waals surface area contributed by atoms with E-state index >= 15 is 0 Å². The van der Waals surface area contributed by atoms with Gasteiger partial charge in [-0.15, -0.1) is 0 Å². The second-order valence-corrected chi connectivity index (χ2v) is 6.28. The number of hydrogen-bond acceptors (Lipinski definition) is 6. The summed E-state index contributed by atoms with van der Waals surface area (Å²) in [5, 5.41) is 0.281. The smallest absolute Gasteiger partial charge is 0.346 e. The molecule has 3 heterocycles. The Hall–Kier alpha value is -3.75. The summed E-state index contributed by atoms with van der Waals surface area (Å²) in [6, 6.07) is 3.97. The molecule has 0 saturated heterocycles. The lowest BCUT2D eigenvalue weighted by Crippen LogP contribution is -2.44. The number of Topliss-reactive ketones (excluding diaryl/α,β-unsaturated/α-hetero) is 1. The normalized spacial score (nSPS) is 15.9. The summed E-state index contributed by atoms with van der Waals surface area (Å²) < 4.78 is 26.2. The highest BCUT2D eigenvalue weighted by molar-refractivity contribution is 6.02. The first-order chi connectivity index (χ1) is 13.4. The average Bonchev–Trinajstić information content (AvgIpc) is 3.23. The molecule has 0 aliphatic carbocycles. The lowest BCUT2D eigenvalue weighted by Gasteiger charge is -2.29. The number of nitrogens with one attached hydrogen (secondary N) is 1. The fourth-order valence-electron chi connectivity index (χ4n) is 3.18. The molecule has 0 atom stereocenters. The van der Waals surface area contributed by atoms with Crippen molar-refractivity contribution in [1.82, 2.24) is 14.5 Å². The van der Waals surface area contributed by atoms with Gasteiger partial charge in [0, 0.05) is 48.2 Å². The van der Waals surface area contributed by atoms with Crippen molar-refractivity contribution in [2.75, 3.05) is 0 Å². The summed E-state index contributed by atoms with van der Waals surface area (Å²) in [5.41, 5.74) is 1.05. The van der Waals surface area contributed by atoms with Crippen LogP contribution < -0.4 is 0 Å². The third-order valence-corrected chi connectivity index (χ3v) is 4.42. The van der Waals surface area contributed by atoms with Crippen LogP contribution in [0.25, 0.3) is 10.9 Å². The highest BCUT2D eigenvalue weighted by Crippen LogP contribution is 2.37. The lowest BCUT2D eigenvalue weighted by molar-refractivity contribution is -0.222. The maximum Gasteiger partial charge on any atom is 0.346 e. The van der Waals surface area contributed by atoms with E-state index in [4.69, 9.17) is 9.47 Å². The summed E-state index contributed by atoms with van der Waals surface area (Å²) in [6.07, 6.45) is 5.77. The van der Waals surface area contributed by atoms with Crippen molar-refractivity contribution in [1.29, 1.82) is 0 Å². The van der Waals surface area contributed by atoms with Crippen LogP contribution in [0.1, 0.15) is 11.3 Å². The zero-order chi connectivity index (χ0) is 19.9. The number of esters is 2. The standard InChI is InChI=1S/C19H14FN3O5/c1-23-9-14(13-6-11(20)2-3-15(13)23)19(16(24)7-12-8-21-10-22-12)27-17(25)4-5-18(26)28-19/h2-6,8-10H,7H2,1H3,(H,21,22). The average molecular weight is 383 g/mol. The number of aromatic nitrogens is 3. The number of ether oxygens (including phenoxy) is 2. The maximum absolute atomic E-state index is 13.9. The van der Waals surface area contributed by atoms with E-state index in [1.165, 1.54) is 36.9 Å². The van der Waals surface area contributed by atoms with Crippen LogP contribution in [0.3, 0.4) is 0 Å². The first kappa shape index (κ1) is 17.7. The van der Waals surface area contributed by atoms with Crippen molar-refractivity contribution in [3.05, 3.63) is 66.1 Å². The molecule has 4 rings (SSSR count). The molecule has 1 aliphatic heterocycles. The van der Waals surface area contributed by atoms with Crippen LogP contribution >= 0.6 is 0 Å². The molecule has 0 bridgehead atoms. The van der Waals surface area contributed by atoms with Crippen molar-refractivity contribution in [2.45, 2.75) is 12.2 Å². The monoisotopic (exact) mass is 383 g/mol. The van der Waals surface area contributed by atoms with Crippen LogP contribution in [0.15, 0.2) is 49.1 Å². The molecule has 1 aliphatic rings. The van der Waals surface area contributed by atoms with Crippen molar-refractivity contribution in [2.24, 2.45) is 7.05 Å². The lowest BCUT2D eigenvalue weighted by atomic mass is 9.97. The fraction of sp³-hybridized carbons (Fsp3) is 0.158. The van der Waals surface area contributed by atoms with Gasteiger partial charge in [-0.25, -0.2) is 19.0 Å². The summed E-state index contributed by atoms with van der Waals surface area (Å²) in [7, 11) is 1.68. The number of ketones is 1. The number of halogens is 1. The van der Waals surface area contributed by atoms with Gasteiger partial charge < -0.3 is 19.0 Å². The number of carbonyl (C=O) groups is 3. The molecule has 3 aromatic rings. The number of rotatable bonds is 4. The molecule has 0 amide bonds. The maximum atomic E-state index is 13.9. The van der Waals surface area contributed by atoms with Crippen LogP contribution in [0.4, 0.5) is 4.39 Å². The van der Waals surface area contributed by atoms with Gasteiger partial charge in [0.05, 0.1) is 18.3 Å². The Morgan fingerprint density at radius 1 is 1.25 bits per heavy atom. The number of imidazole rings is 1. The zero-order valence-electron chi connectivity index (χ0n) is 14.6. The number of cyclic esters (lactones) is 2. The molecule has 0 spiro atoms. The van der Waals surface area contributed by atoms with Crippen LogP contribution in [-0.2, 0) is 43.1 Å². The Bertz CT molecular complexity index is 1110. The molecule has 0 saturated carbocycles. The van der Waals surface area contributed by atoms with Crippen LogP contribution in [0, 0.1) is 5.82 Å². The first-order valence-corrected chi connectivity index (χ1v) is 8.29. The van der Waals surface area contributed by atoms with Crippen molar-refractivity contribution < 1.29 is 28.2 Å². The number of aryl methyl sites for hydroxylation is 1. The Morgan fingerprint density at radius 3 is 2.61 bits per heavy atom. The SMILES string of the molecule is Cn1cc(C2(C(=O)Cc3cnc[nH]3)OC(=O)C=CC(=O)O2)c2cc(F)ccc21. The molecule has 0 radical (unpaired) electrons. The highest BCUT2D eigenvalue weighted by atomic mass is 19.1. The first-order valence-electron chi connectivity index (χ1n) is 8.29. The molecular weight excluding hydrogens is 369 g/mol. The Morgan fingerprint density at radius 2 is 1.96 bits per heavy atom.